The SMILES string of the molecule is CCn1c(-c2cccnc2[C@H](C)OC)c2c3cc(ccc31)-c1csc(n1)C[C@H](NC(=O)[C@H](C(C)C)N(C)C(=O)N1CCC3CCCN(C)C31)C(=O)N1CCC[C@H](N1)C(=O)OCC(C)(C)C2. The zero-order chi connectivity index (χ0) is 46.3. The van der Waals surface area contributed by atoms with Gasteiger partial charge in [0.15, 0.2) is 0 Å². The van der Waals surface area contributed by atoms with E-state index in [0.717, 1.165) is 70.5 Å². The molecule has 15 nitrogen and oxygen atoms in total. The molecule has 0 radical (unpaired) electrons. The van der Waals surface area contributed by atoms with Gasteiger partial charge in [-0.05, 0) is 108 Å². The highest BCUT2D eigenvalue weighted by Gasteiger charge is 2.45. The summed E-state index contributed by atoms with van der Waals surface area (Å²) in [6.07, 6.45) is 6.47. The number of ether oxygens (including phenoxy) is 2. The number of piperidine rings is 1. The Morgan fingerprint density at radius 3 is 2.63 bits per heavy atom. The van der Waals surface area contributed by atoms with Crippen LogP contribution in [-0.4, -0.2) is 130 Å². The number of hydrogen-bond donors (Lipinski definition) is 2. The van der Waals surface area contributed by atoms with Crippen LogP contribution in [0.5, 0.6) is 0 Å². The predicted molar refractivity (Wildman–Crippen MR) is 252 cm³/mol. The van der Waals surface area contributed by atoms with Crippen molar-refractivity contribution in [3.63, 3.8) is 0 Å². The number of nitrogens with zero attached hydrogens (tertiary/aromatic N) is 7. The Bertz CT molecular complexity index is 2410. The summed E-state index contributed by atoms with van der Waals surface area (Å²) >= 11 is 1.44. The van der Waals surface area contributed by atoms with Crippen molar-refractivity contribution in [1.82, 2.24) is 45.0 Å². The van der Waals surface area contributed by atoms with Gasteiger partial charge in [0.05, 0.1) is 41.0 Å². The maximum atomic E-state index is 14.7. The standard InChI is InChI=1S/C49H67N9O6S/c1-10-56-39-18-17-32-24-34(39)35(43(56)33-15-11-20-50-41(33)30(4)63-9)26-49(5,6)28-64-47(61)36-16-13-22-58(53-36)46(60)37(25-40-51-38(32)27-65-40)52-44(59)42(29(2)3)55(8)48(62)57-23-19-31-14-12-21-54(7)45(31)57/h11,15,17-18,20,24,27,29-31,36-37,42,45,53H,10,12-14,16,19,21-23,25-26,28H2,1-9H3,(H,52,59)/t30-,31?,36-,37-,42-,45?/m0/s1. The number of cyclic esters (lactones) is 1. The first kappa shape index (κ1) is 46.6. The van der Waals surface area contributed by atoms with Crippen LogP contribution in [0.2, 0.25) is 0 Å². The Hall–Kier alpha value is -4.90. The molecule has 16 heteroatoms. The third-order valence-electron chi connectivity index (χ3n) is 14.0. The fraction of sp³-hybridized carbons (Fsp3) is 0.592. The van der Waals surface area contributed by atoms with E-state index in [-0.39, 0.29) is 43.2 Å². The Balaban J connectivity index is 1.16. The van der Waals surface area contributed by atoms with Gasteiger partial charge in [-0.25, -0.2) is 15.2 Å². The van der Waals surface area contributed by atoms with Crippen molar-refractivity contribution in [3.05, 3.63) is 58.2 Å². The minimum absolute atomic E-state index is 0.00698. The number of amides is 4. The van der Waals surface area contributed by atoms with E-state index in [9.17, 15) is 19.2 Å². The van der Waals surface area contributed by atoms with Crippen LogP contribution in [0.4, 0.5) is 4.79 Å². The van der Waals surface area contributed by atoms with Gasteiger partial charge >= 0.3 is 12.0 Å². The van der Waals surface area contributed by atoms with E-state index >= 15 is 0 Å². The third kappa shape index (κ3) is 9.28. The van der Waals surface area contributed by atoms with Gasteiger partial charge in [0.25, 0.3) is 5.91 Å². The number of pyridine rings is 1. The van der Waals surface area contributed by atoms with Crippen LogP contribution in [0, 0.1) is 17.3 Å². The molecule has 0 spiro atoms. The number of hydrazine groups is 1. The number of urea groups is 1. The van der Waals surface area contributed by atoms with Crippen molar-refractivity contribution in [2.45, 2.75) is 123 Å². The van der Waals surface area contributed by atoms with Crippen molar-refractivity contribution in [2.75, 3.05) is 47.4 Å². The molecule has 6 bridgehead atoms. The molecule has 4 aromatic rings. The topological polar surface area (TPSA) is 154 Å². The first-order chi connectivity index (χ1) is 31.1. The molecule has 6 atom stereocenters. The van der Waals surface area contributed by atoms with Crippen LogP contribution in [0.3, 0.4) is 0 Å². The second kappa shape index (κ2) is 19.1. The molecule has 4 amide bonds. The predicted octanol–water partition coefficient (Wildman–Crippen LogP) is 6.65. The number of likely N-dealkylation sites (N-methyl/N-ethyl adjacent to an activating group) is 1. The first-order valence-corrected chi connectivity index (χ1v) is 24.3. The Kier molecular flexibility index (Phi) is 13.7. The number of thiazole rings is 1. The van der Waals surface area contributed by atoms with Crippen molar-refractivity contribution in [1.29, 1.82) is 0 Å². The molecule has 350 valence electrons. The quantitative estimate of drug-likeness (QED) is 0.184. The van der Waals surface area contributed by atoms with Gasteiger partial charge in [0, 0.05) is 79.2 Å². The number of aryl methyl sites for hydroxylation is 1. The molecule has 2 unspecified atom stereocenters. The highest BCUT2D eigenvalue weighted by atomic mass is 32.1. The molecular formula is C49H67N9O6S. The molecule has 8 rings (SSSR count). The minimum Gasteiger partial charge on any atom is -0.464 e. The average molecular weight is 910 g/mol. The van der Waals surface area contributed by atoms with E-state index in [0.29, 0.717) is 49.8 Å². The molecule has 0 aliphatic carbocycles. The highest BCUT2D eigenvalue weighted by molar-refractivity contribution is 7.10. The van der Waals surface area contributed by atoms with Crippen LogP contribution in [0.1, 0.15) is 96.0 Å². The summed E-state index contributed by atoms with van der Waals surface area (Å²) in [5, 5.41) is 8.29. The Morgan fingerprint density at radius 2 is 1.88 bits per heavy atom. The fourth-order valence-corrected chi connectivity index (χ4v) is 11.6. The summed E-state index contributed by atoms with van der Waals surface area (Å²) < 4.78 is 14.3. The van der Waals surface area contributed by atoms with Gasteiger partial charge in [-0.1, -0.05) is 33.8 Å². The number of esters is 1. The highest BCUT2D eigenvalue weighted by Crippen LogP contribution is 2.42. The first-order valence-electron chi connectivity index (χ1n) is 23.5. The lowest BCUT2D eigenvalue weighted by molar-refractivity contribution is -0.155. The lowest BCUT2D eigenvalue weighted by atomic mass is 9.84. The van der Waals surface area contributed by atoms with Crippen LogP contribution in [0.25, 0.3) is 33.4 Å². The van der Waals surface area contributed by atoms with E-state index < -0.39 is 35.4 Å². The van der Waals surface area contributed by atoms with Gasteiger partial charge in [-0.3, -0.25) is 29.3 Å². The van der Waals surface area contributed by atoms with Crippen LogP contribution in [-0.2, 0) is 43.2 Å². The molecule has 3 fully saturated rings. The van der Waals surface area contributed by atoms with E-state index in [1.165, 1.54) is 16.3 Å². The largest absolute Gasteiger partial charge is 0.464 e. The number of aromatic nitrogens is 3. The minimum atomic E-state index is -1.04. The molecule has 1 aromatic carbocycles. The number of rotatable bonds is 8. The van der Waals surface area contributed by atoms with E-state index in [1.807, 2.05) is 37.1 Å². The summed E-state index contributed by atoms with van der Waals surface area (Å²) in [7, 11) is 5.46. The van der Waals surface area contributed by atoms with Gasteiger partial charge < -0.3 is 29.2 Å². The molecule has 7 heterocycles. The smallest absolute Gasteiger partial charge is 0.324 e. The molecule has 2 N–H and O–H groups in total. The number of fused-ring (bicyclic) bond motifs is 7. The molecule has 0 saturated carbocycles. The van der Waals surface area contributed by atoms with Crippen molar-refractivity contribution in [3.8, 4) is 22.5 Å². The Morgan fingerprint density at radius 1 is 1.09 bits per heavy atom. The Labute approximate surface area is 387 Å². The van der Waals surface area contributed by atoms with Crippen molar-refractivity contribution < 1.29 is 28.7 Å². The van der Waals surface area contributed by atoms with Crippen LogP contribution >= 0.6 is 11.3 Å². The maximum Gasteiger partial charge on any atom is 0.324 e. The maximum absolute atomic E-state index is 14.7. The van der Waals surface area contributed by atoms with Gasteiger partial charge in [0.2, 0.25) is 5.91 Å². The molecular weight excluding hydrogens is 843 g/mol. The normalized spacial score (nSPS) is 23.8. The fourth-order valence-electron chi connectivity index (χ4n) is 10.7. The van der Waals surface area contributed by atoms with Gasteiger partial charge in [-0.15, -0.1) is 11.3 Å². The van der Waals surface area contributed by atoms with Crippen molar-refractivity contribution >= 4 is 46.1 Å². The average Bonchev–Trinajstić information content (AvgIpc) is 4.03. The third-order valence-corrected chi connectivity index (χ3v) is 14.9. The van der Waals surface area contributed by atoms with E-state index in [1.54, 1.807) is 25.3 Å². The number of methoxy groups -OCH3 is 1. The van der Waals surface area contributed by atoms with Crippen LogP contribution in [0.15, 0.2) is 41.9 Å². The summed E-state index contributed by atoms with van der Waals surface area (Å²) in [6.45, 7) is 15.0. The molecule has 4 aliphatic rings. The van der Waals surface area contributed by atoms with Gasteiger partial charge in [-0.2, -0.15) is 0 Å². The second-order valence-electron chi connectivity index (χ2n) is 19.6. The zero-order valence-corrected chi connectivity index (χ0v) is 40.4. The van der Waals surface area contributed by atoms with Gasteiger partial charge in [0.1, 0.15) is 18.1 Å². The summed E-state index contributed by atoms with van der Waals surface area (Å²) in [5.74, 6) is -1.06. The number of carbonyl (C=O) groups excluding carboxylic acids is 4. The number of benzene rings is 1. The van der Waals surface area contributed by atoms with Crippen LogP contribution < -0.4 is 10.7 Å². The lowest BCUT2D eigenvalue weighted by Crippen LogP contribution is -2.63. The summed E-state index contributed by atoms with van der Waals surface area (Å²) in [5.41, 5.74) is 9.44. The molecule has 3 aromatic heterocycles. The summed E-state index contributed by atoms with van der Waals surface area (Å²) in [6, 6.07) is 7.67. The number of likely N-dealkylation sites (tertiary alicyclic amines) is 2. The monoisotopic (exact) mass is 909 g/mol. The molecule has 3 saturated heterocycles. The second-order valence-corrected chi connectivity index (χ2v) is 20.6. The van der Waals surface area contributed by atoms with E-state index in [4.69, 9.17) is 19.4 Å². The number of carbonyl (C=O) groups is 4. The van der Waals surface area contributed by atoms with Crippen molar-refractivity contribution in [2.24, 2.45) is 17.3 Å². The van der Waals surface area contributed by atoms with E-state index in [2.05, 4.69) is 72.3 Å². The summed E-state index contributed by atoms with van der Waals surface area (Å²) in [4.78, 5) is 73.1. The molecule has 65 heavy (non-hydrogen) atoms. The zero-order valence-electron chi connectivity index (χ0n) is 39.6. The number of nitrogens with one attached hydrogen (secondary N) is 2. The lowest BCUT2D eigenvalue weighted by Gasteiger charge is -2.42. The number of hydrogen-bond acceptors (Lipinski definition) is 11. The molecule has 4 aliphatic heterocycles.